The topological polar surface area (TPSA) is 77.9 Å². The Bertz CT molecular complexity index is 829. The molecule has 6 nitrogen and oxygen atoms in total. The summed E-state index contributed by atoms with van der Waals surface area (Å²) in [5.41, 5.74) is 1.03. The van der Waals surface area contributed by atoms with Crippen molar-refractivity contribution >= 4 is 21.7 Å². The van der Waals surface area contributed by atoms with E-state index >= 15 is 0 Å². The summed E-state index contributed by atoms with van der Waals surface area (Å²) in [6.07, 6.45) is 0. The number of carbonyl (C=O) groups is 1. The maximum absolute atomic E-state index is 12.6. The Hall–Kier alpha value is -2.38. The number of aromatic carboxylic acids is 1. The Morgan fingerprint density at radius 2 is 1.58 bits per heavy atom. The molecule has 0 saturated carbocycles. The molecule has 1 aliphatic heterocycles. The SMILES string of the molecule is O=C(O)c1cccc(N2CCN(S(=O)(=O)c3ccccc3)CC2)c1. The van der Waals surface area contributed by atoms with Crippen LogP contribution in [0.2, 0.25) is 0 Å². The molecule has 1 saturated heterocycles. The van der Waals surface area contributed by atoms with Crippen LogP contribution in [0.3, 0.4) is 0 Å². The van der Waals surface area contributed by atoms with Crippen molar-refractivity contribution in [2.75, 3.05) is 31.1 Å². The fourth-order valence-corrected chi connectivity index (χ4v) is 4.21. The molecule has 2 aromatic carbocycles. The van der Waals surface area contributed by atoms with Crippen LogP contribution in [0.4, 0.5) is 5.69 Å². The molecular formula is C17H18N2O4S. The average molecular weight is 346 g/mol. The van der Waals surface area contributed by atoms with E-state index in [4.69, 9.17) is 5.11 Å². The number of nitrogens with zero attached hydrogens (tertiary/aromatic N) is 2. The molecule has 0 spiro atoms. The Labute approximate surface area is 141 Å². The zero-order valence-electron chi connectivity index (χ0n) is 13.0. The van der Waals surface area contributed by atoms with Crippen molar-refractivity contribution in [2.24, 2.45) is 0 Å². The largest absolute Gasteiger partial charge is 0.478 e. The molecule has 0 atom stereocenters. The fourth-order valence-electron chi connectivity index (χ4n) is 2.76. The standard InChI is InChI=1S/C17H18N2O4S/c20-17(21)14-5-4-6-15(13-14)18-9-11-19(12-10-18)24(22,23)16-7-2-1-3-8-16/h1-8,13H,9-12H2,(H,20,21). The van der Waals surface area contributed by atoms with E-state index in [1.54, 1.807) is 48.5 Å². The van der Waals surface area contributed by atoms with Crippen LogP contribution in [0.5, 0.6) is 0 Å². The molecule has 1 aliphatic rings. The monoisotopic (exact) mass is 346 g/mol. The van der Waals surface area contributed by atoms with E-state index in [0.717, 1.165) is 5.69 Å². The summed E-state index contributed by atoms with van der Waals surface area (Å²) >= 11 is 0. The maximum atomic E-state index is 12.6. The van der Waals surface area contributed by atoms with Gasteiger partial charge in [0.25, 0.3) is 0 Å². The van der Waals surface area contributed by atoms with E-state index in [1.807, 2.05) is 11.0 Å². The zero-order valence-corrected chi connectivity index (χ0v) is 13.8. The highest BCUT2D eigenvalue weighted by atomic mass is 32.2. The van der Waals surface area contributed by atoms with Crippen LogP contribution >= 0.6 is 0 Å². The molecule has 1 fully saturated rings. The van der Waals surface area contributed by atoms with E-state index in [2.05, 4.69) is 0 Å². The highest BCUT2D eigenvalue weighted by Crippen LogP contribution is 2.21. The van der Waals surface area contributed by atoms with Gasteiger partial charge >= 0.3 is 5.97 Å². The van der Waals surface area contributed by atoms with Crippen molar-refractivity contribution in [3.05, 3.63) is 60.2 Å². The van der Waals surface area contributed by atoms with Crippen molar-refractivity contribution in [3.63, 3.8) is 0 Å². The molecule has 1 N–H and O–H groups in total. The normalized spacial score (nSPS) is 16.1. The third-order valence-corrected chi connectivity index (χ3v) is 5.99. The van der Waals surface area contributed by atoms with Crippen molar-refractivity contribution in [1.82, 2.24) is 4.31 Å². The Morgan fingerprint density at radius 1 is 0.917 bits per heavy atom. The first-order chi connectivity index (χ1) is 11.5. The van der Waals surface area contributed by atoms with Gasteiger partial charge in [-0.3, -0.25) is 0 Å². The molecule has 0 aromatic heterocycles. The van der Waals surface area contributed by atoms with Crippen LogP contribution in [0.1, 0.15) is 10.4 Å². The lowest BCUT2D eigenvalue weighted by Gasteiger charge is -2.35. The number of piperazine rings is 1. The predicted molar refractivity (Wildman–Crippen MR) is 90.8 cm³/mol. The number of sulfonamides is 1. The number of benzene rings is 2. The molecular weight excluding hydrogens is 328 g/mol. The van der Waals surface area contributed by atoms with Gasteiger partial charge in [-0.1, -0.05) is 24.3 Å². The molecule has 0 aliphatic carbocycles. The second-order valence-corrected chi connectivity index (χ2v) is 7.50. The van der Waals surface area contributed by atoms with Crippen molar-refractivity contribution in [3.8, 4) is 0 Å². The molecule has 0 amide bonds. The van der Waals surface area contributed by atoms with Crippen LogP contribution in [-0.4, -0.2) is 50.0 Å². The second-order valence-electron chi connectivity index (χ2n) is 5.56. The van der Waals surface area contributed by atoms with Gasteiger partial charge in [0.2, 0.25) is 10.0 Å². The number of anilines is 1. The third-order valence-electron chi connectivity index (χ3n) is 4.08. The van der Waals surface area contributed by atoms with E-state index in [9.17, 15) is 13.2 Å². The first kappa shape index (κ1) is 16.5. The number of carboxylic acids is 1. The Kier molecular flexibility index (Phi) is 4.55. The molecule has 3 rings (SSSR count). The third kappa shape index (κ3) is 3.27. The predicted octanol–water partition coefficient (Wildman–Crippen LogP) is 1.90. The summed E-state index contributed by atoms with van der Waals surface area (Å²) < 4.78 is 26.7. The van der Waals surface area contributed by atoms with E-state index in [-0.39, 0.29) is 5.56 Å². The fraction of sp³-hybridized carbons (Fsp3) is 0.235. The molecule has 0 unspecified atom stereocenters. The first-order valence-corrected chi connectivity index (χ1v) is 9.06. The summed E-state index contributed by atoms with van der Waals surface area (Å²) in [4.78, 5) is 13.4. The number of rotatable bonds is 4. The summed E-state index contributed by atoms with van der Waals surface area (Å²) in [7, 11) is -3.48. The molecule has 126 valence electrons. The highest BCUT2D eigenvalue weighted by molar-refractivity contribution is 7.89. The molecule has 0 bridgehead atoms. The Morgan fingerprint density at radius 3 is 2.21 bits per heavy atom. The number of carboxylic acid groups (broad SMARTS) is 1. The van der Waals surface area contributed by atoms with Crippen LogP contribution in [-0.2, 0) is 10.0 Å². The minimum atomic E-state index is -3.48. The van der Waals surface area contributed by atoms with Gasteiger partial charge in [0.15, 0.2) is 0 Å². The summed E-state index contributed by atoms with van der Waals surface area (Å²) in [6.45, 7) is 1.79. The molecule has 24 heavy (non-hydrogen) atoms. The lowest BCUT2D eigenvalue weighted by molar-refractivity contribution is 0.0697. The average Bonchev–Trinajstić information content (AvgIpc) is 2.62. The van der Waals surface area contributed by atoms with E-state index < -0.39 is 16.0 Å². The molecule has 7 heteroatoms. The van der Waals surface area contributed by atoms with Crippen molar-refractivity contribution < 1.29 is 18.3 Å². The van der Waals surface area contributed by atoms with Gasteiger partial charge in [0, 0.05) is 31.9 Å². The van der Waals surface area contributed by atoms with Crippen LogP contribution < -0.4 is 4.90 Å². The van der Waals surface area contributed by atoms with E-state index in [0.29, 0.717) is 31.1 Å². The lowest BCUT2D eigenvalue weighted by Crippen LogP contribution is -2.48. The zero-order chi connectivity index (χ0) is 17.2. The molecule has 0 radical (unpaired) electrons. The molecule has 1 heterocycles. The maximum Gasteiger partial charge on any atom is 0.335 e. The van der Waals surface area contributed by atoms with Gasteiger partial charge in [0.05, 0.1) is 10.5 Å². The van der Waals surface area contributed by atoms with Gasteiger partial charge in [0.1, 0.15) is 0 Å². The van der Waals surface area contributed by atoms with Crippen LogP contribution in [0.15, 0.2) is 59.5 Å². The number of hydrogen-bond acceptors (Lipinski definition) is 4. The van der Waals surface area contributed by atoms with Gasteiger partial charge < -0.3 is 10.0 Å². The van der Waals surface area contributed by atoms with Gasteiger partial charge in [-0.2, -0.15) is 4.31 Å². The lowest BCUT2D eigenvalue weighted by atomic mass is 10.2. The molecule has 2 aromatic rings. The quantitative estimate of drug-likeness (QED) is 0.915. The van der Waals surface area contributed by atoms with Crippen molar-refractivity contribution in [2.45, 2.75) is 4.90 Å². The van der Waals surface area contributed by atoms with Gasteiger partial charge in [-0.05, 0) is 30.3 Å². The first-order valence-electron chi connectivity index (χ1n) is 7.62. The number of hydrogen-bond donors (Lipinski definition) is 1. The second kappa shape index (κ2) is 6.62. The summed E-state index contributed by atoms with van der Waals surface area (Å²) in [5.74, 6) is -0.970. The Balaban J connectivity index is 1.72. The summed E-state index contributed by atoms with van der Waals surface area (Å²) in [5, 5.41) is 9.08. The minimum Gasteiger partial charge on any atom is -0.478 e. The van der Waals surface area contributed by atoms with E-state index in [1.165, 1.54) is 4.31 Å². The summed E-state index contributed by atoms with van der Waals surface area (Å²) in [6, 6.07) is 15.1. The van der Waals surface area contributed by atoms with Gasteiger partial charge in [-0.25, -0.2) is 13.2 Å². The highest BCUT2D eigenvalue weighted by Gasteiger charge is 2.28. The van der Waals surface area contributed by atoms with Crippen LogP contribution in [0, 0.1) is 0 Å². The minimum absolute atomic E-state index is 0.229. The van der Waals surface area contributed by atoms with Gasteiger partial charge in [-0.15, -0.1) is 0 Å². The van der Waals surface area contributed by atoms with Crippen LogP contribution in [0.25, 0.3) is 0 Å². The van der Waals surface area contributed by atoms with Crippen molar-refractivity contribution in [1.29, 1.82) is 0 Å². The smallest absolute Gasteiger partial charge is 0.335 e.